The van der Waals surface area contributed by atoms with Gasteiger partial charge in [-0.05, 0) is 32.1 Å². The molecular formula is C11H17NO2. The molecule has 2 aliphatic rings. The van der Waals surface area contributed by atoms with E-state index < -0.39 is 0 Å². The molecule has 1 aliphatic heterocycles. The zero-order valence-electron chi connectivity index (χ0n) is 8.45. The Morgan fingerprint density at radius 2 is 2.07 bits per heavy atom. The number of carbonyl (C=O) groups is 1. The van der Waals surface area contributed by atoms with E-state index in [1.54, 1.807) is 4.90 Å². The van der Waals surface area contributed by atoms with Crippen molar-refractivity contribution in [1.82, 2.24) is 4.90 Å². The van der Waals surface area contributed by atoms with Crippen LogP contribution in [-0.2, 0) is 4.74 Å². The van der Waals surface area contributed by atoms with E-state index in [4.69, 9.17) is 4.74 Å². The van der Waals surface area contributed by atoms with Gasteiger partial charge in [0.1, 0.15) is 6.10 Å². The lowest BCUT2D eigenvalue weighted by atomic mass is 10.3. The smallest absolute Gasteiger partial charge is 0.410 e. The van der Waals surface area contributed by atoms with E-state index in [-0.39, 0.29) is 12.2 Å². The summed E-state index contributed by atoms with van der Waals surface area (Å²) in [5, 5.41) is 0. The second-order valence-corrected chi connectivity index (χ2v) is 4.00. The Hall–Kier alpha value is -0.990. The van der Waals surface area contributed by atoms with Gasteiger partial charge in [0.25, 0.3) is 0 Å². The van der Waals surface area contributed by atoms with Gasteiger partial charge in [0.15, 0.2) is 0 Å². The number of nitrogens with zero attached hydrogens (tertiary/aromatic N) is 1. The maximum Gasteiger partial charge on any atom is 0.410 e. The molecule has 1 fully saturated rings. The van der Waals surface area contributed by atoms with Crippen molar-refractivity contribution in [3.05, 3.63) is 12.2 Å². The molecule has 0 aromatic heterocycles. The van der Waals surface area contributed by atoms with Gasteiger partial charge >= 0.3 is 6.09 Å². The normalized spacial score (nSPS) is 22.7. The van der Waals surface area contributed by atoms with Crippen LogP contribution in [0.25, 0.3) is 0 Å². The minimum Gasteiger partial charge on any atom is -0.446 e. The van der Waals surface area contributed by atoms with Crippen molar-refractivity contribution < 1.29 is 9.53 Å². The van der Waals surface area contributed by atoms with Gasteiger partial charge in [-0.1, -0.05) is 12.2 Å². The van der Waals surface area contributed by atoms with Crippen molar-refractivity contribution in [3.8, 4) is 0 Å². The summed E-state index contributed by atoms with van der Waals surface area (Å²) in [6, 6.07) is 0. The highest BCUT2D eigenvalue weighted by molar-refractivity contribution is 5.68. The van der Waals surface area contributed by atoms with E-state index in [0.29, 0.717) is 6.54 Å². The first-order chi connectivity index (χ1) is 6.86. The Morgan fingerprint density at radius 3 is 2.71 bits per heavy atom. The summed E-state index contributed by atoms with van der Waals surface area (Å²) in [6.07, 6.45) is 9.67. The van der Waals surface area contributed by atoms with Gasteiger partial charge in [-0.25, -0.2) is 4.79 Å². The van der Waals surface area contributed by atoms with Crippen LogP contribution in [0.15, 0.2) is 12.2 Å². The largest absolute Gasteiger partial charge is 0.446 e. The van der Waals surface area contributed by atoms with Crippen molar-refractivity contribution >= 4 is 6.09 Å². The molecule has 0 spiro atoms. The second-order valence-electron chi connectivity index (χ2n) is 4.00. The summed E-state index contributed by atoms with van der Waals surface area (Å²) in [7, 11) is 0. The van der Waals surface area contributed by atoms with E-state index >= 15 is 0 Å². The van der Waals surface area contributed by atoms with Crippen LogP contribution in [0.5, 0.6) is 0 Å². The predicted octanol–water partition coefficient (Wildman–Crippen LogP) is 2.33. The van der Waals surface area contributed by atoms with Crippen molar-refractivity contribution in [3.63, 3.8) is 0 Å². The molecule has 0 saturated heterocycles. The predicted molar refractivity (Wildman–Crippen MR) is 54.1 cm³/mol. The molecule has 1 aliphatic carbocycles. The molecular weight excluding hydrogens is 178 g/mol. The molecule has 78 valence electrons. The number of hydrogen-bond acceptors (Lipinski definition) is 2. The molecule has 0 atom stereocenters. The van der Waals surface area contributed by atoms with Gasteiger partial charge < -0.3 is 9.64 Å². The quantitative estimate of drug-likeness (QED) is 0.601. The number of hydrogen-bond donors (Lipinski definition) is 0. The second kappa shape index (κ2) is 4.49. The van der Waals surface area contributed by atoms with Crippen molar-refractivity contribution in [2.75, 3.05) is 13.1 Å². The first kappa shape index (κ1) is 9.56. The lowest BCUT2D eigenvalue weighted by Crippen LogP contribution is -2.36. The van der Waals surface area contributed by atoms with E-state index in [1.165, 1.54) is 12.8 Å². The molecule has 1 heterocycles. The number of amides is 1. The summed E-state index contributed by atoms with van der Waals surface area (Å²) in [6.45, 7) is 1.52. The SMILES string of the molecule is O=C(OC1CCCC1)N1CC=CCC1. The summed E-state index contributed by atoms with van der Waals surface area (Å²) in [5.41, 5.74) is 0. The average Bonchev–Trinajstić information content (AvgIpc) is 2.72. The molecule has 0 aromatic rings. The third-order valence-corrected chi connectivity index (χ3v) is 2.89. The number of rotatable bonds is 1. The summed E-state index contributed by atoms with van der Waals surface area (Å²) in [4.78, 5) is 13.4. The third kappa shape index (κ3) is 2.28. The average molecular weight is 195 g/mol. The van der Waals surface area contributed by atoms with E-state index in [9.17, 15) is 4.79 Å². The van der Waals surface area contributed by atoms with Crippen LogP contribution in [0.3, 0.4) is 0 Å². The van der Waals surface area contributed by atoms with Crippen LogP contribution in [-0.4, -0.2) is 30.2 Å². The molecule has 14 heavy (non-hydrogen) atoms. The van der Waals surface area contributed by atoms with Crippen LogP contribution in [0.2, 0.25) is 0 Å². The van der Waals surface area contributed by atoms with Gasteiger partial charge in [-0.2, -0.15) is 0 Å². The fraction of sp³-hybridized carbons (Fsp3) is 0.727. The van der Waals surface area contributed by atoms with Gasteiger partial charge in [-0.3, -0.25) is 0 Å². The Morgan fingerprint density at radius 1 is 1.29 bits per heavy atom. The Labute approximate surface area is 84.7 Å². The topological polar surface area (TPSA) is 29.5 Å². The Kier molecular flexibility index (Phi) is 3.07. The zero-order valence-corrected chi connectivity index (χ0v) is 8.45. The minimum absolute atomic E-state index is 0.124. The lowest BCUT2D eigenvalue weighted by Gasteiger charge is -2.24. The monoisotopic (exact) mass is 195 g/mol. The van der Waals surface area contributed by atoms with Gasteiger partial charge in [-0.15, -0.1) is 0 Å². The highest BCUT2D eigenvalue weighted by atomic mass is 16.6. The van der Waals surface area contributed by atoms with Crippen LogP contribution in [0.1, 0.15) is 32.1 Å². The zero-order chi connectivity index (χ0) is 9.80. The first-order valence-corrected chi connectivity index (χ1v) is 5.47. The molecule has 0 unspecified atom stereocenters. The highest BCUT2D eigenvalue weighted by Crippen LogP contribution is 2.21. The van der Waals surface area contributed by atoms with E-state index in [1.807, 2.05) is 6.08 Å². The first-order valence-electron chi connectivity index (χ1n) is 5.47. The van der Waals surface area contributed by atoms with Crippen molar-refractivity contribution in [2.45, 2.75) is 38.2 Å². The maximum absolute atomic E-state index is 11.6. The van der Waals surface area contributed by atoms with Crippen LogP contribution >= 0.6 is 0 Å². The van der Waals surface area contributed by atoms with Gasteiger partial charge in [0.2, 0.25) is 0 Å². The molecule has 2 rings (SSSR count). The molecule has 3 heteroatoms. The molecule has 1 saturated carbocycles. The molecule has 0 bridgehead atoms. The minimum atomic E-state index is -0.124. The van der Waals surface area contributed by atoms with Gasteiger partial charge in [0.05, 0.1) is 0 Å². The van der Waals surface area contributed by atoms with Gasteiger partial charge in [0, 0.05) is 13.1 Å². The third-order valence-electron chi connectivity index (χ3n) is 2.89. The fourth-order valence-electron chi connectivity index (χ4n) is 2.03. The Bertz CT molecular complexity index is 231. The van der Waals surface area contributed by atoms with Crippen LogP contribution in [0, 0.1) is 0 Å². The summed E-state index contributed by atoms with van der Waals surface area (Å²) in [5.74, 6) is 0. The maximum atomic E-state index is 11.6. The van der Waals surface area contributed by atoms with Crippen molar-refractivity contribution in [1.29, 1.82) is 0 Å². The fourth-order valence-corrected chi connectivity index (χ4v) is 2.03. The van der Waals surface area contributed by atoms with E-state index in [0.717, 1.165) is 25.8 Å². The standard InChI is InChI=1S/C11H17NO2/c13-11(12-8-4-1-5-9-12)14-10-6-2-3-7-10/h1,4,10H,2-3,5-9H2. The molecule has 0 N–H and O–H groups in total. The Balaban J connectivity index is 1.79. The van der Waals surface area contributed by atoms with E-state index in [2.05, 4.69) is 6.08 Å². The lowest BCUT2D eigenvalue weighted by molar-refractivity contribution is 0.0679. The number of ether oxygens (including phenoxy) is 1. The van der Waals surface area contributed by atoms with Crippen LogP contribution in [0.4, 0.5) is 4.79 Å². The molecule has 0 aromatic carbocycles. The van der Waals surface area contributed by atoms with Crippen LogP contribution < -0.4 is 0 Å². The molecule has 3 nitrogen and oxygen atoms in total. The summed E-state index contributed by atoms with van der Waals surface area (Å²) < 4.78 is 5.40. The molecule has 0 radical (unpaired) electrons. The molecule has 1 amide bonds. The summed E-state index contributed by atoms with van der Waals surface area (Å²) >= 11 is 0. The highest BCUT2D eigenvalue weighted by Gasteiger charge is 2.22. The number of carbonyl (C=O) groups excluding carboxylic acids is 1. The van der Waals surface area contributed by atoms with Crippen molar-refractivity contribution in [2.24, 2.45) is 0 Å².